The van der Waals surface area contributed by atoms with Crippen molar-refractivity contribution in [2.24, 2.45) is 5.73 Å². The average molecular weight is 745 g/mol. The van der Waals surface area contributed by atoms with Gasteiger partial charge in [0.1, 0.15) is 17.8 Å². The molecule has 4 aromatic rings. The first kappa shape index (κ1) is 37.4. The van der Waals surface area contributed by atoms with Crippen molar-refractivity contribution in [2.45, 2.75) is 69.9 Å². The number of aromatic amines is 1. The molecule has 15 nitrogen and oxygen atoms in total. The highest BCUT2D eigenvalue weighted by atomic mass is 31.2. The largest absolute Gasteiger partial charge is 0.396 e. The number of amides is 4. The molecule has 278 valence electrons. The van der Waals surface area contributed by atoms with Gasteiger partial charge in [-0.2, -0.15) is 0 Å². The molecule has 0 aliphatic carbocycles. The van der Waals surface area contributed by atoms with Crippen LogP contribution in [0.2, 0.25) is 0 Å². The lowest BCUT2D eigenvalue weighted by Crippen LogP contribution is -2.56. The summed E-state index contributed by atoms with van der Waals surface area (Å²) >= 11 is 0. The van der Waals surface area contributed by atoms with E-state index >= 15 is 0 Å². The third kappa shape index (κ3) is 8.03. The molecule has 0 radical (unpaired) electrons. The smallest absolute Gasteiger partial charge is 0.388 e. The second-order valence-corrected chi connectivity index (χ2v) is 14.8. The minimum Gasteiger partial charge on any atom is -0.388 e. The van der Waals surface area contributed by atoms with Gasteiger partial charge < -0.3 is 41.2 Å². The Morgan fingerprint density at radius 2 is 1.81 bits per heavy atom. The number of carbonyl (C=O) groups is 5. The van der Waals surface area contributed by atoms with Gasteiger partial charge in [0.05, 0.1) is 24.4 Å². The number of benzene rings is 3. The zero-order chi connectivity index (χ0) is 38.0. The van der Waals surface area contributed by atoms with Crippen LogP contribution in [0.4, 0.5) is 11.4 Å². The number of primary amides is 1. The Kier molecular flexibility index (Phi) is 10.8. The van der Waals surface area contributed by atoms with E-state index in [0.29, 0.717) is 23.0 Å². The van der Waals surface area contributed by atoms with Gasteiger partial charge in [-0.3, -0.25) is 33.4 Å². The monoisotopic (exact) mass is 744 g/mol. The molecule has 3 heterocycles. The molecule has 0 bridgehead atoms. The standard InChI is InChI=1S/C37H41N6O9P/c1-20(52-19-24-6-3-4-9-27(24)39-2)26(14-15-32(38)44)41-35(46)31-18-22-8-5-7-21-10-13-29(36(47)43(31)33(21)22)42-34(45)30-17-25-16-23(11-12-28(25)40-30)37(48)53(49,50)51/h3-9,11-12,16-17,20,26,29,31,39-40H,10,13-15,18-19H2,1-2H3,(H2,38,44)(H,41,46)(H,42,45)(H2,49,50,51)/t20-,26+,29+,31+/m1/s1. The Morgan fingerprint density at radius 3 is 2.55 bits per heavy atom. The van der Waals surface area contributed by atoms with E-state index in [4.69, 9.17) is 10.5 Å². The number of nitrogens with one attached hydrogen (secondary N) is 4. The number of H-pyrrole nitrogens is 1. The lowest BCUT2D eigenvalue weighted by Gasteiger charge is -2.31. The lowest BCUT2D eigenvalue weighted by atomic mass is 10.0. The predicted molar refractivity (Wildman–Crippen MR) is 196 cm³/mol. The van der Waals surface area contributed by atoms with Gasteiger partial charge in [-0.1, -0.05) is 36.4 Å². The normalized spacial score (nSPS) is 17.8. The van der Waals surface area contributed by atoms with Crippen molar-refractivity contribution in [3.05, 3.63) is 94.7 Å². The predicted octanol–water partition coefficient (Wildman–Crippen LogP) is 2.89. The summed E-state index contributed by atoms with van der Waals surface area (Å²) in [6.07, 6.45) is 0.640. The van der Waals surface area contributed by atoms with Gasteiger partial charge in [0.2, 0.25) is 17.7 Å². The molecule has 53 heavy (non-hydrogen) atoms. The van der Waals surface area contributed by atoms with Crippen molar-refractivity contribution >= 4 is 59.0 Å². The van der Waals surface area contributed by atoms with E-state index in [1.165, 1.54) is 29.2 Å². The molecular weight excluding hydrogens is 703 g/mol. The van der Waals surface area contributed by atoms with Crippen LogP contribution in [-0.2, 0) is 43.1 Å². The van der Waals surface area contributed by atoms with Crippen LogP contribution in [0.1, 0.15) is 63.7 Å². The lowest BCUT2D eigenvalue weighted by molar-refractivity contribution is -0.128. The SMILES string of the molecule is CNc1ccccc1CO[C@H](C)[C@H](CCC(N)=O)NC(=O)[C@@H]1Cc2cccc3c2N1C(=O)[C@@H](NC(=O)c1cc2cc(C(=O)P(=O)(O)O)ccc2[nH]1)CC3. The first-order valence-electron chi connectivity index (χ1n) is 17.2. The molecule has 0 unspecified atom stereocenters. The highest BCUT2D eigenvalue weighted by molar-refractivity contribution is 7.70. The van der Waals surface area contributed by atoms with Gasteiger partial charge in [0.25, 0.3) is 11.4 Å². The quantitative estimate of drug-likeness (QED) is 0.0933. The van der Waals surface area contributed by atoms with Crippen LogP contribution in [0, 0.1) is 0 Å². The number of fused-ring (bicyclic) bond motifs is 1. The summed E-state index contributed by atoms with van der Waals surface area (Å²) in [4.78, 5) is 88.9. The van der Waals surface area contributed by atoms with Gasteiger partial charge in [-0.25, -0.2) is 0 Å². The molecule has 0 spiro atoms. The van der Waals surface area contributed by atoms with E-state index in [2.05, 4.69) is 20.9 Å². The second kappa shape index (κ2) is 15.3. The summed E-state index contributed by atoms with van der Waals surface area (Å²) in [6.45, 7) is 2.05. The van der Waals surface area contributed by atoms with E-state index in [1.54, 1.807) is 6.92 Å². The topological polar surface area (TPSA) is 233 Å². The van der Waals surface area contributed by atoms with Crippen LogP contribution in [0.25, 0.3) is 10.9 Å². The summed E-state index contributed by atoms with van der Waals surface area (Å²) in [5, 5.41) is 9.33. The number of anilines is 2. The Labute approximate surface area is 304 Å². The van der Waals surface area contributed by atoms with Crippen LogP contribution in [0.3, 0.4) is 0 Å². The van der Waals surface area contributed by atoms with Crippen LogP contribution in [0.15, 0.2) is 66.7 Å². The van der Waals surface area contributed by atoms with Crippen LogP contribution in [0.5, 0.6) is 0 Å². The Morgan fingerprint density at radius 1 is 1.06 bits per heavy atom. The minimum atomic E-state index is -5.01. The third-order valence-corrected chi connectivity index (χ3v) is 10.6. The number of nitrogens with zero attached hydrogens (tertiary/aromatic N) is 1. The molecule has 4 atom stereocenters. The van der Waals surface area contributed by atoms with Crippen molar-refractivity contribution in [2.75, 3.05) is 17.3 Å². The molecule has 4 amide bonds. The number of ether oxygens (including phenoxy) is 1. The van der Waals surface area contributed by atoms with E-state index in [0.717, 1.165) is 22.4 Å². The van der Waals surface area contributed by atoms with Crippen molar-refractivity contribution < 1.29 is 43.1 Å². The Balaban J connectivity index is 1.20. The molecule has 3 aromatic carbocycles. The summed E-state index contributed by atoms with van der Waals surface area (Å²) in [5.41, 5.74) is 8.57. The molecule has 0 saturated heterocycles. The Hall–Kier alpha value is -5.34. The highest BCUT2D eigenvalue weighted by Crippen LogP contribution is 2.40. The molecule has 2 aliphatic heterocycles. The van der Waals surface area contributed by atoms with Gasteiger partial charge in [0, 0.05) is 47.6 Å². The van der Waals surface area contributed by atoms with Crippen molar-refractivity contribution in [1.29, 1.82) is 0 Å². The molecule has 2 aliphatic rings. The molecule has 16 heteroatoms. The third-order valence-electron chi connectivity index (χ3n) is 9.78. The van der Waals surface area contributed by atoms with Crippen molar-refractivity contribution in [3.8, 4) is 0 Å². The van der Waals surface area contributed by atoms with E-state index < -0.39 is 61.0 Å². The molecule has 8 N–H and O–H groups in total. The maximum Gasteiger partial charge on any atom is 0.396 e. The van der Waals surface area contributed by atoms with Gasteiger partial charge in [-0.05, 0) is 67.6 Å². The minimum absolute atomic E-state index is 0.00654. The number of rotatable bonds is 14. The van der Waals surface area contributed by atoms with E-state index in [1.807, 2.05) is 49.5 Å². The first-order valence-corrected chi connectivity index (χ1v) is 18.8. The molecule has 6 rings (SSSR count). The van der Waals surface area contributed by atoms with E-state index in [9.17, 15) is 38.3 Å². The number of aryl methyl sites for hydroxylation is 1. The fraction of sp³-hybridized carbons (Fsp3) is 0.324. The number of para-hydroxylation sites is 2. The van der Waals surface area contributed by atoms with Crippen molar-refractivity contribution in [3.63, 3.8) is 0 Å². The van der Waals surface area contributed by atoms with Gasteiger partial charge in [0.15, 0.2) is 0 Å². The molecule has 0 fully saturated rings. The number of hydrogen-bond donors (Lipinski definition) is 7. The maximum absolute atomic E-state index is 14.3. The number of carbonyl (C=O) groups excluding carboxylic acids is 5. The van der Waals surface area contributed by atoms with Crippen LogP contribution in [-0.4, -0.2) is 75.2 Å². The summed E-state index contributed by atoms with van der Waals surface area (Å²) in [7, 11) is -3.20. The zero-order valence-corrected chi connectivity index (χ0v) is 30.0. The average Bonchev–Trinajstić information content (AvgIpc) is 3.71. The highest BCUT2D eigenvalue weighted by Gasteiger charge is 2.44. The molecule has 0 saturated carbocycles. The zero-order valence-electron chi connectivity index (χ0n) is 29.1. The number of nitrogens with two attached hydrogens (primary N) is 1. The second-order valence-electron chi connectivity index (χ2n) is 13.3. The fourth-order valence-corrected chi connectivity index (χ4v) is 7.47. The summed E-state index contributed by atoms with van der Waals surface area (Å²) in [6, 6.07) is 16.1. The fourth-order valence-electron chi connectivity index (χ4n) is 7.00. The summed E-state index contributed by atoms with van der Waals surface area (Å²) < 4.78 is 17.7. The molecule has 1 aromatic heterocycles. The van der Waals surface area contributed by atoms with Gasteiger partial charge >= 0.3 is 7.60 Å². The first-order chi connectivity index (χ1) is 25.2. The molecular formula is C37H41N6O9P. The van der Waals surface area contributed by atoms with Crippen LogP contribution >= 0.6 is 7.60 Å². The number of hydrogen-bond acceptors (Lipinski definition) is 8. The number of aromatic nitrogens is 1. The maximum atomic E-state index is 14.3. The Bertz CT molecular complexity index is 2150. The van der Waals surface area contributed by atoms with Crippen molar-refractivity contribution in [1.82, 2.24) is 15.6 Å². The van der Waals surface area contributed by atoms with E-state index in [-0.39, 0.29) is 43.5 Å². The van der Waals surface area contributed by atoms with Gasteiger partial charge in [-0.15, -0.1) is 0 Å². The van der Waals surface area contributed by atoms with Crippen LogP contribution < -0.4 is 26.6 Å². The summed E-state index contributed by atoms with van der Waals surface area (Å²) in [5.74, 6) is -2.05.